The molecule has 0 atom stereocenters. The van der Waals surface area contributed by atoms with Crippen LogP contribution < -0.4 is 14.2 Å². The first kappa shape index (κ1) is 22.9. The van der Waals surface area contributed by atoms with Gasteiger partial charge in [-0.25, -0.2) is 8.78 Å². The van der Waals surface area contributed by atoms with E-state index in [0.717, 1.165) is 0 Å². The molecule has 0 bridgehead atoms. The summed E-state index contributed by atoms with van der Waals surface area (Å²) < 4.78 is 69.9. The van der Waals surface area contributed by atoms with Gasteiger partial charge >= 0.3 is 0 Å². The van der Waals surface area contributed by atoms with Gasteiger partial charge in [0.15, 0.2) is 23.2 Å². The van der Waals surface area contributed by atoms with Crippen LogP contribution in [0.15, 0.2) is 54.6 Å². The molecule has 32 heavy (non-hydrogen) atoms. The van der Waals surface area contributed by atoms with Gasteiger partial charge in [0.05, 0.1) is 19.8 Å². The first-order chi connectivity index (χ1) is 15.3. The first-order valence-corrected chi connectivity index (χ1v) is 9.33. The summed E-state index contributed by atoms with van der Waals surface area (Å²) in [5.74, 6) is -7.14. The van der Waals surface area contributed by atoms with Crippen molar-refractivity contribution in [3.63, 3.8) is 0 Å². The lowest BCUT2D eigenvalue weighted by atomic mass is 10.1. The summed E-state index contributed by atoms with van der Waals surface area (Å²) in [7, 11) is 2.84. The van der Waals surface area contributed by atoms with Crippen LogP contribution >= 0.6 is 0 Å². The molecular formula is C24H18F4O4. The van der Waals surface area contributed by atoms with Gasteiger partial charge in [-0.05, 0) is 35.9 Å². The molecule has 3 aromatic rings. The monoisotopic (exact) mass is 446 g/mol. The number of methoxy groups -OCH3 is 2. The minimum atomic E-state index is -1.64. The fraction of sp³-hybridized carbons (Fsp3) is 0.125. The van der Waals surface area contributed by atoms with Crippen molar-refractivity contribution >= 4 is 11.9 Å². The standard InChI is InChI=1S/C24H18F4O4/c1-30-20-10-8-14(7-9-19(29)16-5-3-4-6-21(16)31-2)11-15(20)13-32-24-22(27)17(25)12-18(26)23(24)28/h3-12H,13H2,1-2H3/b9-7+. The summed E-state index contributed by atoms with van der Waals surface area (Å²) in [4.78, 5) is 12.5. The van der Waals surface area contributed by atoms with Crippen molar-refractivity contribution in [1.82, 2.24) is 0 Å². The van der Waals surface area contributed by atoms with E-state index in [2.05, 4.69) is 0 Å². The highest BCUT2D eigenvalue weighted by atomic mass is 19.2. The Labute approximate surface area is 181 Å². The predicted octanol–water partition coefficient (Wildman–Crippen LogP) is 5.74. The molecule has 0 heterocycles. The van der Waals surface area contributed by atoms with Gasteiger partial charge in [-0.2, -0.15) is 8.78 Å². The Morgan fingerprint density at radius 2 is 1.53 bits per heavy atom. The third-order valence-corrected chi connectivity index (χ3v) is 4.55. The molecule has 8 heteroatoms. The molecule has 3 aromatic carbocycles. The Bertz CT molecular complexity index is 1150. The van der Waals surface area contributed by atoms with Gasteiger partial charge in [0.25, 0.3) is 0 Å². The average molecular weight is 446 g/mol. The Kier molecular flexibility index (Phi) is 7.14. The minimum absolute atomic E-state index is 0.0995. The molecule has 0 fully saturated rings. The van der Waals surface area contributed by atoms with Gasteiger partial charge in [-0.3, -0.25) is 4.79 Å². The smallest absolute Gasteiger partial charge is 0.203 e. The number of hydrogen-bond acceptors (Lipinski definition) is 4. The lowest BCUT2D eigenvalue weighted by Gasteiger charge is -2.13. The zero-order valence-corrected chi connectivity index (χ0v) is 17.1. The van der Waals surface area contributed by atoms with Crippen LogP contribution in [0.25, 0.3) is 6.08 Å². The number of para-hydroxylation sites is 1. The van der Waals surface area contributed by atoms with Crippen LogP contribution in [0.1, 0.15) is 21.5 Å². The molecule has 0 amide bonds. The summed E-state index contributed by atoms with van der Waals surface area (Å²) in [6.07, 6.45) is 2.87. The zero-order chi connectivity index (χ0) is 23.3. The molecule has 0 aliphatic carbocycles. The second-order valence-corrected chi connectivity index (χ2v) is 6.56. The van der Waals surface area contributed by atoms with Crippen molar-refractivity contribution in [2.24, 2.45) is 0 Å². The third kappa shape index (κ3) is 4.91. The fourth-order valence-corrected chi connectivity index (χ4v) is 2.95. The number of allylic oxidation sites excluding steroid dienone is 1. The van der Waals surface area contributed by atoms with E-state index in [9.17, 15) is 22.4 Å². The van der Waals surface area contributed by atoms with Crippen molar-refractivity contribution in [2.45, 2.75) is 6.61 Å². The van der Waals surface area contributed by atoms with Gasteiger partial charge < -0.3 is 14.2 Å². The maximum absolute atomic E-state index is 13.8. The molecule has 3 rings (SSSR count). The molecule has 0 aliphatic rings. The summed E-state index contributed by atoms with van der Waals surface area (Å²) in [5.41, 5.74) is 1.27. The Morgan fingerprint density at radius 1 is 0.875 bits per heavy atom. The van der Waals surface area contributed by atoms with E-state index in [1.807, 2.05) is 0 Å². The van der Waals surface area contributed by atoms with E-state index in [1.165, 1.54) is 26.4 Å². The number of ether oxygens (including phenoxy) is 3. The predicted molar refractivity (Wildman–Crippen MR) is 110 cm³/mol. The van der Waals surface area contributed by atoms with Crippen molar-refractivity contribution in [1.29, 1.82) is 0 Å². The third-order valence-electron chi connectivity index (χ3n) is 4.55. The van der Waals surface area contributed by atoms with Gasteiger partial charge in [0.1, 0.15) is 18.1 Å². The SMILES string of the molecule is COc1ccc(/C=C/C(=O)c2ccccc2OC)cc1COc1c(F)c(F)cc(F)c1F. The number of carbonyl (C=O) groups excluding carboxylic acids is 1. The van der Waals surface area contributed by atoms with Crippen molar-refractivity contribution in [3.8, 4) is 17.2 Å². The number of rotatable bonds is 8. The molecule has 0 spiro atoms. The second kappa shape index (κ2) is 10.00. The molecule has 0 radical (unpaired) electrons. The zero-order valence-electron chi connectivity index (χ0n) is 17.1. The van der Waals surface area contributed by atoms with Gasteiger partial charge in [-0.15, -0.1) is 0 Å². The molecule has 166 valence electrons. The van der Waals surface area contributed by atoms with Crippen LogP contribution in [-0.2, 0) is 6.61 Å². The topological polar surface area (TPSA) is 44.8 Å². The van der Waals surface area contributed by atoms with Gasteiger partial charge in [0.2, 0.25) is 11.6 Å². The van der Waals surface area contributed by atoms with Crippen LogP contribution in [0.3, 0.4) is 0 Å². The van der Waals surface area contributed by atoms with Crippen LogP contribution in [0.2, 0.25) is 0 Å². The average Bonchev–Trinajstić information content (AvgIpc) is 2.81. The molecule has 0 aromatic heterocycles. The van der Waals surface area contributed by atoms with Crippen LogP contribution in [0.4, 0.5) is 17.6 Å². The number of benzene rings is 3. The van der Waals surface area contributed by atoms with Crippen molar-refractivity contribution < 1.29 is 36.6 Å². The Hall–Kier alpha value is -3.81. The molecular weight excluding hydrogens is 428 g/mol. The summed E-state index contributed by atoms with van der Waals surface area (Å²) in [5, 5.41) is 0. The van der Waals surface area contributed by atoms with Crippen LogP contribution in [-0.4, -0.2) is 20.0 Å². The molecule has 4 nitrogen and oxygen atoms in total. The summed E-state index contributed by atoms with van der Waals surface area (Å²) in [6, 6.07) is 11.6. The van der Waals surface area contributed by atoms with Crippen LogP contribution in [0, 0.1) is 23.3 Å². The van der Waals surface area contributed by atoms with E-state index in [0.29, 0.717) is 28.2 Å². The number of halogens is 4. The Balaban J connectivity index is 1.84. The molecule has 0 unspecified atom stereocenters. The maximum atomic E-state index is 13.8. The highest BCUT2D eigenvalue weighted by Crippen LogP contribution is 2.29. The molecule has 0 saturated carbocycles. The summed E-state index contributed by atoms with van der Waals surface area (Å²) in [6.45, 7) is -0.442. The number of ketones is 1. The summed E-state index contributed by atoms with van der Waals surface area (Å²) >= 11 is 0. The Morgan fingerprint density at radius 3 is 2.19 bits per heavy atom. The minimum Gasteiger partial charge on any atom is -0.496 e. The second-order valence-electron chi connectivity index (χ2n) is 6.56. The molecule has 0 aliphatic heterocycles. The van der Waals surface area contributed by atoms with Gasteiger partial charge in [-0.1, -0.05) is 24.3 Å². The number of hydrogen-bond donors (Lipinski definition) is 0. The normalized spacial score (nSPS) is 10.9. The molecule has 0 N–H and O–H groups in total. The van der Waals surface area contributed by atoms with E-state index in [4.69, 9.17) is 14.2 Å². The van der Waals surface area contributed by atoms with E-state index < -0.39 is 35.6 Å². The fourth-order valence-electron chi connectivity index (χ4n) is 2.95. The van der Waals surface area contributed by atoms with E-state index >= 15 is 0 Å². The lowest BCUT2D eigenvalue weighted by Crippen LogP contribution is -2.05. The quantitative estimate of drug-likeness (QED) is 0.192. The van der Waals surface area contributed by atoms with Gasteiger partial charge in [0, 0.05) is 11.6 Å². The highest BCUT2D eigenvalue weighted by molar-refractivity contribution is 6.08. The van der Waals surface area contributed by atoms with Crippen LogP contribution in [0.5, 0.6) is 17.2 Å². The largest absolute Gasteiger partial charge is 0.496 e. The van der Waals surface area contributed by atoms with E-state index in [1.54, 1.807) is 42.5 Å². The van der Waals surface area contributed by atoms with Crippen molar-refractivity contribution in [3.05, 3.63) is 94.6 Å². The maximum Gasteiger partial charge on any atom is 0.203 e. The highest BCUT2D eigenvalue weighted by Gasteiger charge is 2.21. The number of carbonyl (C=O) groups is 1. The molecule has 0 saturated heterocycles. The first-order valence-electron chi connectivity index (χ1n) is 9.33. The lowest BCUT2D eigenvalue weighted by molar-refractivity contribution is 0.104. The van der Waals surface area contributed by atoms with Crippen molar-refractivity contribution in [2.75, 3.05) is 14.2 Å². The van der Waals surface area contributed by atoms with E-state index in [-0.39, 0.29) is 11.8 Å².